The van der Waals surface area contributed by atoms with E-state index in [9.17, 15) is 14.4 Å². The molecule has 0 saturated heterocycles. The lowest BCUT2D eigenvalue weighted by Gasteiger charge is -2.11. The zero-order valence-electron chi connectivity index (χ0n) is 18.2. The third kappa shape index (κ3) is 3.73. The molecule has 9 heteroatoms. The first-order valence-corrected chi connectivity index (χ1v) is 10.5. The Morgan fingerprint density at radius 1 is 1.00 bits per heavy atom. The number of aromatic nitrogens is 4. The Bertz CT molecular complexity index is 1400. The van der Waals surface area contributed by atoms with Gasteiger partial charge in [-0.05, 0) is 44.5 Å². The molecular formula is C23H24N6O3. The smallest absolute Gasteiger partial charge is 0.290 e. The minimum Gasteiger partial charge on any atom is -0.329 e. The lowest BCUT2D eigenvalue weighted by molar-refractivity contribution is 0.0843. The zero-order valence-corrected chi connectivity index (χ0v) is 18.2. The molecule has 0 aliphatic heterocycles. The predicted molar refractivity (Wildman–Crippen MR) is 121 cm³/mol. The van der Waals surface area contributed by atoms with E-state index < -0.39 is 11.8 Å². The maximum atomic E-state index is 12.8. The van der Waals surface area contributed by atoms with Crippen molar-refractivity contribution in [3.05, 3.63) is 69.9 Å². The van der Waals surface area contributed by atoms with E-state index in [0.717, 1.165) is 17.9 Å². The van der Waals surface area contributed by atoms with Crippen molar-refractivity contribution >= 4 is 33.6 Å². The highest BCUT2D eigenvalue weighted by atomic mass is 16.2. The number of nitrogens with zero attached hydrogens (tertiary/aromatic N) is 4. The lowest BCUT2D eigenvalue weighted by Crippen LogP contribution is -2.42. The average molecular weight is 432 g/mol. The minimum absolute atomic E-state index is 0.0710. The molecule has 2 heterocycles. The van der Waals surface area contributed by atoms with Crippen LogP contribution in [0.15, 0.2) is 47.3 Å². The Labute approximate surface area is 184 Å². The summed E-state index contributed by atoms with van der Waals surface area (Å²) in [7, 11) is 0. The van der Waals surface area contributed by atoms with Crippen molar-refractivity contribution in [3.63, 3.8) is 0 Å². The quantitative estimate of drug-likeness (QED) is 0.471. The van der Waals surface area contributed by atoms with E-state index in [2.05, 4.69) is 25.5 Å². The number of hydrogen-bond donors (Lipinski definition) is 2. The van der Waals surface area contributed by atoms with Gasteiger partial charge in [0.05, 0.1) is 16.4 Å². The Morgan fingerprint density at radius 2 is 1.72 bits per heavy atom. The van der Waals surface area contributed by atoms with Crippen molar-refractivity contribution in [2.24, 2.45) is 0 Å². The number of benzene rings is 2. The van der Waals surface area contributed by atoms with E-state index in [1.807, 2.05) is 26.8 Å². The van der Waals surface area contributed by atoms with Gasteiger partial charge >= 0.3 is 0 Å². The largest absolute Gasteiger partial charge is 0.329 e. The maximum absolute atomic E-state index is 12.8. The first-order valence-electron chi connectivity index (χ1n) is 10.5. The third-order valence-electron chi connectivity index (χ3n) is 5.33. The molecule has 0 radical (unpaired) electrons. The minimum atomic E-state index is -0.605. The second-order valence-electron chi connectivity index (χ2n) is 7.44. The summed E-state index contributed by atoms with van der Waals surface area (Å²) in [5.41, 5.74) is 6.68. The first-order chi connectivity index (χ1) is 15.4. The number of hydrogen-bond acceptors (Lipinski definition) is 5. The van der Waals surface area contributed by atoms with Gasteiger partial charge < -0.3 is 4.57 Å². The molecule has 164 valence electrons. The van der Waals surface area contributed by atoms with E-state index >= 15 is 0 Å². The van der Waals surface area contributed by atoms with E-state index in [1.165, 1.54) is 4.68 Å². The summed E-state index contributed by atoms with van der Waals surface area (Å²) in [6.07, 6.45) is 0.693. The van der Waals surface area contributed by atoms with E-state index in [1.54, 1.807) is 36.4 Å². The van der Waals surface area contributed by atoms with E-state index in [-0.39, 0.29) is 11.3 Å². The molecule has 0 aliphatic carbocycles. The summed E-state index contributed by atoms with van der Waals surface area (Å²) in [6, 6.07) is 12.0. The number of rotatable bonds is 5. The van der Waals surface area contributed by atoms with Crippen LogP contribution < -0.4 is 16.4 Å². The maximum Gasteiger partial charge on any atom is 0.290 e. The highest BCUT2D eigenvalue weighted by Crippen LogP contribution is 2.18. The van der Waals surface area contributed by atoms with Gasteiger partial charge in [0.15, 0.2) is 5.69 Å². The van der Waals surface area contributed by atoms with Crippen LogP contribution >= 0.6 is 0 Å². The van der Waals surface area contributed by atoms with Gasteiger partial charge in [0.25, 0.3) is 17.4 Å². The molecule has 0 atom stereocenters. The third-order valence-corrected chi connectivity index (χ3v) is 5.33. The number of aryl methyl sites for hydroxylation is 3. The van der Waals surface area contributed by atoms with Gasteiger partial charge in [0, 0.05) is 24.0 Å². The van der Waals surface area contributed by atoms with Gasteiger partial charge in [-0.15, -0.1) is 0 Å². The summed E-state index contributed by atoms with van der Waals surface area (Å²) in [4.78, 5) is 42.6. The molecule has 2 aromatic heterocycles. The number of fused-ring (bicyclic) bond motifs is 2. The molecule has 0 saturated carbocycles. The van der Waals surface area contributed by atoms with Crippen LogP contribution in [0, 0.1) is 6.92 Å². The van der Waals surface area contributed by atoms with Crippen LogP contribution in [0.3, 0.4) is 0 Å². The molecule has 0 bridgehead atoms. The van der Waals surface area contributed by atoms with Crippen molar-refractivity contribution in [2.75, 3.05) is 0 Å². The van der Waals surface area contributed by atoms with Crippen molar-refractivity contribution in [3.8, 4) is 0 Å². The highest BCUT2D eigenvalue weighted by Gasteiger charge is 2.18. The normalized spacial score (nSPS) is 11.1. The monoisotopic (exact) mass is 432 g/mol. The van der Waals surface area contributed by atoms with Crippen LogP contribution in [0.2, 0.25) is 0 Å². The molecule has 9 nitrogen and oxygen atoms in total. The molecule has 2 N–H and O–H groups in total. The molecule has 2 amide bonds. The van der Waals surface area contributed by atoms with Crippen LogP contribution in [-0.4, -0.2) is 31.1 Å². The molecule has 0 unspecified atom stereocenters. The van der Waals surface area contributed by atoms with Crippen LogP contribution in [0.1, 0.15) is 46.9 Å². The Kier molecular flexibility index (Phi) is 5.72. The lowest BCUT2D eigenvalue weighted by atomic mass is 10.1. The molecule has 2 aromatic carbocycles. The molecule has 0 fully saturated rings. The SMILES string of the molecule is CCCn1nc(C(=O)NNC(=O)c2ccc3c(c2)nc(C)n3CC)c2ccccc2c1=O. The molecule has 4 rings (SSSR count). The van der Waals surface area contributed by atoms with Crippen molar-refractivity contribution < 1.29 is 9.59 Å². The second kappa shape index (κ2) is 8.62. The molecule has 0 spiro atoms. The number of hydrazine groups is 1. The Morgan fingerprint density at radius 3 is 2.44 bits per heavy atom. The summed E-state index contributed by atoms with van der Waals surface area (Å²) < 4.78 is 3.33. The summed E-state index contributed by atoms with van der Waals surface area (Å²) in [5.74, 6) is -0.213. The summed E-state index contributed by atoms with van der Waals surface area (Å²) in [5, 5.41) is 5.06. The van der Waals surface area contributed by atoms with Crippen LogP contribution in [0.5, 0.6) is 0 Å². The van der Waals surface area contributed by atoms with Gasteiger partial charge in [-0.3, -0.25) is 25.2 Å². The van der Waals surface area contributed by atoms with Crippen molar-refractivity contribution in [1.29, 1.82) is 0 Å². The number of imidazole rings is 1. The zero-order chi connectivity index (χ0) is 22.8. The van der Waals surface area contributed by atoms with Gasteiger partial charge in [0.2, 0.25) is 0 Å². The second-order valence-corrected chi connectivity index (χ2v) is 7.44. The molecular weight excluding hydrogens is 408 g/mol. The number of carbonyl (C=O) groups excluding carboxylic acids is 2. The first kappa shape index (κ1) is 21.2. The number of amides is 2. The van der Waals surface area contributed by atoms with Crippen LogP contribution in [0.25, 0.3) is 21.8 Å². The van der Waals surface area contributed by atoms with Gasteiger partial charge in [-0.25, -0.2) is 9.67 Å². The summed E-state index contributed by atoms with van der Waals surface area (Å²) in [6.45, 7) is 7.04. The van der Waals surface area contributed by atoms with Gasteiger partial charge in [0.1, 0.15) is 5.82 Å². The topological polar surface area (TPSA) is 111 Å². The van der Waals surface area contributed by atoms with Gasteiger partial charge in [-0.1, -0.05) is 25.1 Å². The molecule has 4 aromatic rings. The van der Waals surface area contributed by atoms with Crippen LogP contribution in [-0.2, 0) is 13.1 Å². The highest BCUT2D eigenvalue weighted by molar-refractivity contribution is 6.06. The fourth-order valence-electron chi connectivity index (χ4n) is 3.80. The summed E-state index contributed by atoms with van der Waals surface area (Å²) >= 11 is 0. The number of carbonyl (C=O) groups is 2. The fourth-order valence-corrected chi connectivity index (χ4v) is 3.80. The number of nitrogens with one attached hydrogen (secondary N) is 2. The van der Waals surface area contributed by atoms with Gasteiger partial charge in [-0.2, -0.15) is 5.10 Å². The molecule has 32 heavy (non-hydrogen) atoms. The Hall–Kier alpha value is -4.01. The average Bonchev–Trinajstić information content (AvgIpc) is 3.13. The predicted octanol–water partition coefficient (Wildman–Crippen LogP) is 2.56. The fraction of sp³-hybridized carbons (Fsp3) is 0.261. The standard InChI is InChI=1S/C23H24N6O3/c1-4-12-29-23(32)17-9-7-6-8-16(17)20(27-29)22(31)26-25-21(30)15-10-11-19-18(13-15)24-14(3)28(19)5-2/h6-11,13H,4-5,12H2,1-3H3,(H,25,30)(H,26,31). The van der Waals surface area contributed by atoms with Crippen LogP contribution in [0.4, 0.5) is 0 Å². The van der Waals surface area contributed by atoms with E-state index in [0.29, 0.717) is 34.8 Å². The van der Waals surface area contributed by atoms with Crippen molar-refractivity contribution in [2.45, 2.75) is 40.3 Å². The molecule has 0 aliphatic rings. The van der Waals surface area contributed by atoms with E-state index in [4.69, 9.17) is 0 Å². The van der Waals surface area contributed by atoms with Crippen molar-refractivity contribution in [1.82, 2.24) is 30.2 Å². The Balaban J connectivity index is 1.58.